The van der Waals surface area contributed by atoms with Crippen molar-refractivity contribution >= 4 is 11.8 Å². The van der Waals surface area contributed by atoms with Crippen LogP contribution in [0.5, 0.6) is 0 Å². The number of hydrogen-bond donors (Lipinski definition) is 2. The molecular weight excluding hydrogens is 253 g/mol. The van der Waals surface area contributed by atoms with Crippen molar-refractivity contribution in [1.82, 2.24) is 10.8 Å². The van der Waals surface area contributed by atoms with Gasteiger partial charge in [-0.15, -0.1) is 0 Å². The van der Waals surface area contributed by atoms with E-state index < -0.39 is 24.1 Å². The van der Waals surface area contributed by atoms with Crippen LogP contribution in [-0.4, -0.2) is 31.1 Å². The number of amides is 2. The van der Waals surface area contributed by atoms with Gasteiger partial charge in [0, 0.05) is 18.4 Å². The number of nitrogens with one attached hydrogen (secondary N) is 2. The van der Waals surface area contributed by atoms with Crippen molar-refractivity contribution < 1.29 is 27.6 Å². The molecule has 8 heteroatoms. The number of carbonyl (C=O) groups is 2. The molecule has 18 heavy (non-hydrogen) atoms. The molecular formula is C10H17F3N2O3. The summed E-state index contributed by atoms with van der Waals surface area (Å²) in [7, 11) is 0. The van der Waals surface area contributed by atoms with Gasteiger partial charge in [0.05, 0.1) is 0 Å². The molecule has 0 aromatic rings. The van der Waals surface area contributed by atoms with E-state index >= 15 is 0 Å². The molecule has 0 spiro atoms. The van der Waals surface area contributed by atoms with Crippen LogP contribution in [0.15, 0.2) is 0 Å². The summed E-state index contributed by atoms with van der Waals surface area (Å²) in [6.45, 7) is 3.60. The summed E-state index contributed by atoms with van der Waals surface area (Å²) in [6, 6.07) is 0. The van der Waals surface area contributed by atoms with Gasteiger partial charge >= 0.3 is 6.18 Å². The van der Waals surface area contributed by atoms with E-state index in [-0.39, 0.29) is 18.9 Å². The first kappa shape index (κ1) is 16.7. The van der Waals surface area contributed by atoms with Crippen molar-refractivity contribution in [3.05, 3.63) is 0 Å². The van der Waals surface area contributed by atoms with Crippen LogP contribution in [0.2, 0.25) is 0 Å². The molecule has 0 unspecified atom stereocenters. The van der Waals surface area contributed by atoms with Crippen molar-refractivity contribution in [3.63, 3.8) is 0 Å². The molecule has 2 amide bonds. The fraction of sp³-hybridized carbons (Fsp3) is 0.800. The lowest BCUT2D eigenvalue weighted by Crippen LogP contribution is -2.37. The second-order valence-corrected chi connectivity index (χ2v) is 4.68. The lowest BCUT2D eigenvalue weighted by molar-refractivity contribution is -0.191. The van der Waals surface area contributed by atoms with E-state index in [1.54, 1.807) is 26.3 Å². The van der Waals surface area contributed by atoms with E-state index in [2.05, 4.69) is 10.2 Å². The topological polar surface area (TPSA) is 67.4 Å². The first-order valence-electron chi connectivity index (χ1n) is 5.28. The number of alkyl halides is 3. The zero-order valence-electron chi connectivity index (χ0n) is 10.5. The van der Waals surface area contributed by atoms with Crippen LogP contribution >= 0.6 is 0 Å². The highest BCUT2D eigenvalue weighted by atomic mass is 19.4. The summed E-state index contributed by atoms with van der Waals surface area (Å²) >= 11 is 0. The average molecular weight is 270 g/mol. The molecule has 0 radical (unpaired) electrons. The Hall–Kier alpha value is -1.31. The Morgan fingerprint density at radius 3 is 2.17 bits per heavy atom. The van der Waals surface area contributed by atoms with Crippen LogP contribution < -0.4 is 10.8 Å². The van der Waals surface area contributed by atoms with Gasteiger partial charge in [-0.2, -0.15) is 13.2 Å². The molecule has 0 fully saturated rings. The van der Waals surface area contributed by atoms with Gasteiger partial charge < -0.3 is 5.32 Å². The Labute approximate surface area is 103 Å². The molecule has 0 heterocycles. The molecule has 0 atom stereocenters. The first-order valence-corrected chi connectivity index (χ1v) is 5.28. The summed E-state index contributed by atoms with van der Waals surface area (Å²) in [6.07, 6.45) is -4.65. The highest BCUT2D eigenvalue weighted by molar-refractivity contribution is 5.82. The maximum atomic E-state index is 11.7. The maximum absolute atomic E-state index is 11.7. The summed E-state index contributed by atoms with van der Waals surface area (Å²) in [5, 5.41) is 2.48. The van der Waals surface area contributed by atoms with Crippen molar-refractivity contribution in [2.75, 3.05) is 13.2 Å². The highest BCUT2D eigenvalue weighted by Crippen LogP contribution is 2.13. The number of hydrogen-bond acceptors (Lipinski definition) is 3. The number of halogens is 3. The minimum atomic E-state index is -4.49. The lowest BCUT2D eigenvalue weighted by Gasteiger charge is -2.17. The molecule has 0 bridgehead atoms. The Morgan fingerprint density at radius 2 is 1.72 bits per heavy atom. The third-order valence-corrected chi connectivity index (χ3v) is 1.74. The SMILES string of the molecule is CC(C)(C)C(=O)NCCC(=O)NOCC(F)(F)F. The number of carbonyl (C=O) groups excluding carboxylic acids is 2. The molecule has 0 aromatic heterocycles. The summed E-state index contributed by atoms with van der Waals surface area (Å²) in [4.78, 5) is 26.3. The minimum absolute atomic E-state index is 0.0390. The third kappa shape index (κ3) is 8.80. The van der Waals surface area contributed by atoms with Crippen LogP contribution in [0.1, 0.15) is 27.2 Å². The van der Waals surface area contributed by atoms with E-state index in [9.17, 15) is 22.8 Å². The van der Waals surface area contributed by atoms with Crippen LogP contribution in [0, 0.1) is 5.41 Å². The van der Waals surface area contributed by atoms with Gasteiger partial charge in [0.1, 0.15) is 0 Å². The molecule has 0 aliphatic rings. The Balaban J connectivity index is 3.70. The van der Waals surface area contributed by atoms with Crippen LogP contribution in [0.3, 0.4) is 0 Å². The molecule has 2 N–H and O–H groups in total. The summed E-state index contributed by atoms with van der Waals surface area (Å²) in [5.74, 6) is -0.972. The minimum Gasteiger partial charge on any atom is -0.355 e. The predicted octanol–water partition coefficient (Wildman–Crippen LogP) is 1.15. The van der Waals surface area contributed by atoms with E-state index in [0.717, 1.165) is 0 Å². The quantitative estimate of drug-likeness (QED) is 0.736. The van der Waals surface area contributed by atoms with Crippen LogP contribution in [0.25, 0.3) is 0 Å². The van der Waals surface area contributed by atoms with E-state index in [4.69, 9.17) is 0 Å². The first-order chi connectivity index (χ1) is 8.02. The van der Waals surface area contributed by atoms with Gasteiger partial charge in [-0.25, -0.2) is 5.48 Å². The average Bonchev–Trinajstić information content (AvgIpc) is 2.13. The zero-order chi connectivity index (χ0) is 14.4. The van der Waals surface area contributed by atoms with Crippen molar-refractivity contribution in [1.29, 1.82) is 0 Å². The fourth-order valence-electron chi connectivity index (χ4n) is 0.804. The zero-order valence-corrected chi connectivity index (χ0v) is 10.5. The van der Waals surface area contributed by atoms with Crippen molar-refractivity contribution in [2.45, 2.75) is 33.4 Å². The van der Waals surface area contributed by atoms with E-state index in [1.165, 1.54) is 0 Å². The number of rotatable bonds is 5. The molecule has 106 valence electrons. The molecule has 0 aliphatic heterocycles. The molecule has 0 aromatic carbocycles. The number of hydroxylamine groups is 1. The summed E-state index contributed by atoms with van der Waals surface area (Å²) in [5.41, 5.74) is 1.06. The largest absolute Gasteiger partial charge is 0.414 e. The Kier molecular flexibility index (Phi) is 6.10. The molecule has 0 rings (SSSR count). The second-order valence-electron chi connectivity index (χ2n) is 4.68. The Bertz CT molecular complexity index is 298. The maximum Gasteiger partial charge on any atom is 0.414 e. The second kappa shape index (κ2) is 6.58. The monoisotopic (exact) mass is 270 g/mol. The molecule has 5 nitrogen and oxygen atoms in total. The van der Waals surface area contributed by atoms with E-state index in [0.29, 0.717) is 0 Å². The van der Waals surface area contributed by atoms with Gasteiger partial charge in [-0.1, -0.05) is 20.8 Å². The van der Waals surface area contributed by atoms with Crippen molar-refractivity contribution in [3.8, 4) is 0 Å². The molecule has 0 saturated carbocycles. The normalized spacial score (nSPS) is 12.1. The predicted molar refractivity (Wildman–Crippen MR) is 57.2 cm³/mol. The smallest absolute Gasteiger partial charge is 0.355 e. The van der Waals surface area contributed by atoms with Crippen LogP contribution in [-0.2, 0) is 14.4 Å². The van der Waals surface area contributed by atoms with Gasteiger partial charge in [-0.3, -0.25) is 14.4 Å². The standard InChI is InChI=1S/C10H17F3N2O3/c1-9(2,3)8(17)14-5-4-7(16)15-18-6-10(11,12)13/h4-6H2,1-3H3,(H,14,17)(H,15,16). The van der Waals surface area contributed by atoms with Crippen LogP contribution in [0.4, 0.5) is 13.2 Å². The molecule has 0 aliphatic carbocycles. The summed E-state index contributed by atoms with van der Waals surface area (Å²) < 4.78 is 35.0. The van der Waals surface area contributed by atoms with Gasteiger partial charge in [0.25, 0.3) is 0 Å². The van der Waals surface area contributed by atoms with Gasteiger partial charge in [0.15, 0.2) is 6.61 Å². The highest BCUT2D eigenvalue weighted by Gasteiger charge is 2.28. The Morgan fingerprint density at radius 1 is 1.17 bits per heavy atom. The van der Waals surface area contributed by atoms with E-state index in [1.807, 2.05) is 0 Å². The van der Waals surface area contributed by atoms with Gasteiger partial charge in [0.2, 0.25) is 11.8 Å². The molecule has 0 saturated heterocycles. The lowest BCUT2D eigenvalue weighted by atomic mass is 9.96. The third-order valence-electron chi connectivity index (χ3n) is 1.74. The van der Waals surface area contributed by atoms with Crippen molar-refractivity contribution in [2.24, 2.45) is 5.41 Å². The van der Waals surface area contributed by atoms with Gasteiger partial charge in [-0.05, 0) is 0 Å². The fourth-order valence-corrected chi connectivity index (χ4v) is 0.804.